The highest BCUT2D eigenvalue weighted by atomic mass is 35.5. The molecule has 0 radical (unpaired) electrons. The fraction of sp³-hybridized carbons (Fsp3) is 0.200. The summed E-state index contributed by atoms with van der Waals surface area (Å²) in [6.45, 7) is 3.00. The van der Waals surface area contributed by atoms with Crippen LogP contribution >= 0.6 is 34.7 Å². The molecule has 0 amide bonds. The molecule has 0 bridgehead atoms. The number of nitrogens with one attached hydrogen (secondary N) is 1. The van der Waals surface area contributed by atoms with E-state index < -0.39 is 0 Å². The van der Waals surface area contributed by atoms with Gasteiger partial charge in [0.15, 0.2) is 0 Å². The van der Waals surface area contributed by atoms with Gasteiger partial charge in [0.25, 0.3) is 0 Å². The van der Waals surface area contributed by atoms with Crippen molar-refractivity contribution in [3.05, 3.63) is 40.7 Å². The zero-order valence-electron chi connectivity index (χ0n) is 11.5. The van der Waals surface area contributed by atoms with Crippen molar-refractivity contribution >= 4 is 50.9 Å². The van der Waals surface area contributed by atoms with E-state index in [9.17, 15) is 0 Å². The molecule has 0 aliphatic heterocycles. The largest absolute Gasteiger partial charge is 0.354 e. The van der Waals surface area contributed by atoms with Gasteiger partial charge in [0.05, 0.1) is 0 Å². The minimum atomic E-state index is 0.697. The van der Waals surface area contributed by atoms with Gasteiger partial charge >= 0.3 is 0 Å². The molecule has 0 fully saturated rings. The van der Waals surface area contributed by atoms with E-state index in [4.69, 9.17) is 11.6 Å². The second kappa shape index (κ2) is 6.64. The van der Waals surface area contributed by atoms with Gasteiger partial charge in [0, 0.05) is 21.8 Å². The van der Waals surface area contributed by atoms with Crippen molar-refractivity contribution in [1.82, 2.24) is 9.97 Å². The number of halogens is 1. The maximum Gasteiger partial charge on any atom is 0.225 e. The molecular weight excluding hydrogens is 322 g/mol. The Labute approximate surface area is 136 Å². The summed E-state index contributed by atoms with van der Waals surface area (Å²) >= 11 is 9.20. The van der Waals surface area contributed by atoms with Crippen LogP contribution in [0.25, 0.3) is 10.2 Å². The predicted molar refractivity (Wildman–Crippen MR) is 91.8 cm³/mol. The van der Waals surface area contributed by atoms with E-state index in [-0.39, 0.29) is 0 Å². The molecule has 1 aromatic carbocycles. The van der Waals surface area contributed by atoms with Crippen molar-refractivity contribution < 1.29 is 0 Å². The Hall–Kier alpha value is -1.30. The van der Waals surface area contributed by atoms with Crippen molar-refractivity contribution in [2.45, 2.75) is 23.3 Å². The van der Waals surface area contributed by atoms with Crippen molar-refractivity contribution in [3.8, 4) is 0 Å². The highest BCUT2D eigenvalue weighted by Crippen LogP contribution is 2.34. The number of rotatable bonds is 5. The molecule has 2 aromatic heterocycles. The van der Waals surface area contributed by atoms with E-state index in [0.29, 0.717) is 5.95 Å². The summed E-state index contributed by atoms with van der Waals surface area (Å²) in [5.74, 6) is 0.697. The first-order valence-electron chi connectivity index (χ1n) is 6.69. The van der Waals surface area contributed by atoms with Crippen LogP contribution in [-0.2, 0) is 0 Å². The zero-order valence-corrected chi connectivity index (χ0v) is 13.9. The minimum Gasteiger partial charge on any atom is -0.354 e. The second-order valence-electron chi connectivity index (χ2n) is 4.47. The Bertz CT molecular complexity index is 740. The van der Waals surface area contributed by atoms with Crippen LogP contribution in [0.1, 0.15) is 13.3 Å². The number of hydrogen-bond donors (Lipinski definition) is 1. The van der Waals surface area contributed by atoms with Crippen molar-refractivity contribution in [3.63, 3.8) is 0 Å². The van der Waals surface area contributed by atoms with E-state index in [0.717, 1.165) is 38.1 Å². The fourth-order valence-corrected chi connectivity index (χ4v) is 3.69. The maximum atomic E-state index is 5.93. The van der Waals surface area contributed by atoms with E-state index in [1.54, 1.807) is 23.1 Å². The van der Waals surface area contributed by atoms with Crippen molar-refractivity contribution in [2.24, 2.45) is 0 Å². The lowest BCUT2D eigenvalue weighted by Gasteiger charge is -2.07. The van der Waals surface area contributed by atoms with Gasteiger partial charge in [-0.2, -0.15) is 0 Å². The molecule has 2 heterocycles. The van der Waals surface area contributed by atoms with E-state index >= 15 is 0 Å². The number of anilines is 1. The molecule has 3 nitrogen and oxygen atoms in total. The summed E-state index contributed by atoms with van der Waals surface area (Å²) in [6.07, 6.45) is 1.05. The van der Waals surface area contributed by atoms with Gasteiger partial charge in [-0.3, -0.25) is 0 Å². The van der Waals surface area contributed by atoms with Gasteiger partial charge in [-0.25, -0.2) is 9.97 Å². The highest BCUT2D eigenvalue weighted by molar-refractivity contribution is 7.99. The molecule has 108 valence electrons. The number of nitrogens with zero attached hydrogens (tertiary/aromatic N) is 2. The Morgan fingerprint density at radius 2 is 2.00 bits per heavy atom. The van der Waals surface area contributed by atoms with Crippen LogP contribution in [0.15, 0.2) is 45.6 Å². The summed E-state index contributed by atoms with van der Waals surface area (Å²) < 4.78 is 0. The van der Waals surface area contributed by atoms with Crippen LogP contribution in [-0.4, -0.2) is 16.5 Å². The van der Waals surface area contributed by atoms with Gasteiger partial charge < -0.3 is 5.32 Å². The third-order valence-corrected chi connectivity index (χ3v) is 4.92. The molecule has 0 spiro atoms. The average Bonchev–Trinajstić information content (AvgIpc) is 2.96. The fourth-order valence-electron chi connectivity index (χ4n) is 1.84. The third-order valence-electron chi connectivity index (χ3n) is 2.85. The van der Waals surface area contributed by atoms with Crippen molar-refractivity contribution in [2.75, 3.05) is 11.9 Å². The van der Waals surface area contributed by atoms with Crippen molar-refractivity contribution in [1.29, 1.82) is 0 Å². The average molecular weight is 336 g/mol. The van der Waals surface area contributed by atoms with Crippen LogP contribution in [0.2, 0.25) is 5.02 Å². The topological polar surface area (TPSA) is 37.8 Å². The Morgan fingerprint density at radius 3 is 2.76 bits per heavy atom. The standard InChI is InChI=1S/C15H14ClN3S2/c1-2-8-17-15-18-13-12(7-9-20-13)14(19-15)21-11-5-3-10(16)4-6-11/h3-7,9H,2,8H2,1H3,(H,17,18,19). The lowest BCUT2D eigenvalue weighted by molar-refractivity contribution is 0.947. The maximum absolute atomic E-state index is 5.93. The summed E-state index contributed by atoms with van der Waals surface area (Å²) in [6, 6.07) is 9.87. The number of aromatic nitrogens is 2. The van der Waals surface area contributed by atoms with Gasteiger partial charge in [0.1, 0.15) is 9.86 Å². The molecular formula is C15H14ClN3S2. The number of fused-ring (bicyclic) bond motifs is 1. The summed E-state index contributed by atoms with van der Waals surface area (Å²) in [4.78, 5) is 11.3. The van der Waals surface area contributed by atoms with E-state index in [2.05, 4.69) is 33.7 Å². The first kappa shape index (κ1) is 14.6. The molecule has 21 heavy (non-hydrogen) atoms. The number of thiophene rings is 1. The Balaban J connectivity index is 1.95. The Kier molecular flexibility index (Phi) is 4.63. The summed E-state index contributed by atoms with van der Waals surface area (Å²) in [5, 5.41) is 8.13. The number of hydrogen-bond acceptors (Lipinski definition) is 5. The zero-order chi connectivity index (χ0) is 14.7. The summed E-state index contributed by atoms with van der Waals surface area (Å²) in [5.41, 5.74) is 0. The van der Waals surface area contributed by atoms with E-state index in [1.807, 2.05) is 24.3 Å². The highest BCUT2D eigenvalue weighted by Gasteiger charge is 2.10. The lowest BCUT2D eigenvalue weighted by atomic mass is 10.4. The lowest BCUT2D eigenvalue weighted by Crippen LogP contribution is -2.04. The van der Waals surface area contributed by atoms with Gasteiger partial charge in [-0.05, 0) is 42.1 Å². The van der Waals surface area contributed by atoms with Crippen LogP contribution in [0.3, 0.4) is 0 Å². The monoisotopic (exact) mass is 335 g/mol. The molecule has 0 aliphatic carbocycles. The molecule has 0 atom stereocenters. The van der Waals surface area contributed by atoms with Gasteiger partial charge in [0.2, 0.25) is 5.95 Å². The predicted octanol–water partition coefficient (Wildman–Crippen LogP) is 5.32. The first-order chi connectivity index (χ1) is 10.3. The second-order valence-corrected chi connectivity index (χ2v) is 6.87. The van der Waals surface area contributed by atoms with Gasteiger partial charge in [-0.15, -0.1) is 11.3 Å². The molecule has 3 aromatic rings. The smallest absolute Gasteiger partial charge is 0.225 e. The van der Waals surface area contributed by atoms with Crippen LogP contribution in [0, 0.1) is 0 Å². The molecule has 0 saturated carbocycles. The van der Waals surface area contributed by atoms with Gasteiger partial charge in [-0.1, -0.05) is 30.3 Å². The van der Waals surface area contributed by atoms with Crippen LogP contribution < -0.4 is 5.32 Å². The molecule has 3 rings (SSSR count). The SMILES string of the molecule is CCCNc1nc(Sc2ccc(Cl)cc2)c2ccsc2n1. The molecule has 0 unspecified atom stereocenters. The summed E-state index contributed by atoms with van der Waals surface area (Å²) in [7, 11) is 0. The number of benzene rings is 1. The minimum absolute atomic E-state index is 0.697. The molecule has 0 saturated heterocycles. The first-order valence-corrected chi connectivity index (χ1v) is 8.76. The molecule has 1 N–H and O–H groups in total. The Morgan fingerprint density at radius 1 is 1.19 bits per heavy atom. The van der Waals surface area contributed by atoms with E-state index in [1.165, 1.54) is 0 Å². The van der Waals surface area contributed by atoms with Crippen LogP contribution in [0.4, 0.5) is 5.95 Å². The molecule has 0 aliphatic rings. The normalized spacial score (nSPS) is 11.0. The van der Waals surface area contributed by atoms with Crippen LogP contribution in [0.5, 0.6) is 0 Å². The quantitative estimate of drug-likeness (QED) is 0.640. The molecule has 6 heteroatoms. The third kappa shape index (κ3) is 3.48.